The lowest BCUT2D eigenvalue weighted by Gasteiger charge is -2.05. The van der Waals surface area contributed by atoms with E-state index in [1.807, 2.05) is 0 Å². The van der Waals surface area contributed by atoms with E-state index >= 15 is 0 Å². The van der Waals surface area contributed by atoms with Crippen molar-refractivity contribution in [2.75, 3.05) is 13.7 Å². The molecular weight excluding hydrogens is 247 g/mol. The van der Waals surface area contributed by atoms with Gasteiger partial charge in [-0.1, -0.05) is 12.1 Å². The highest BCUT2D eigenvalue weighted by molar-refractivity contribution is 5.91. The molecule has 18 heavy (non-hydrogen) atoms. The number of hydrogen-bond donors (Lipinski definition) is 1. The second-order valence-corrected chi connectivity index (χ2v) is 3.44. The average Bonchev–Trinajstić information content (AvgIpc) is 2.33. The summed E-state index contributed by atoms with van der Waals surface area (Å²) >= 11 is 0. The van der Waals surface area contributed by atoms with E-state index in [4.69, 9.17) is 4.74 Å². The smallest absolute Gasteiger partial charge is 0.405 e. The first-order valence-corrected chi connectivity index (χ1v) is 5.07. The van der Waals surface area contributed by atoms with Crippen LogP contribution in [0.4, 0.5) is 13.2 Å². The molecule has 0 unspecified atom stereocenters. The minimum Gasteiger partial charge on any atom is -0.497 e. The van der Waals surface area contributed by atoms with Gasteiger partial charge in [0, 0.05) is 6.08 Å². The standard InChI is InChI=1S/C12H12F3NO2/c1-18-10-4-2-3-9(7-10)5-6-11(17)16-8-12(13,14)15/h2-7H,8H2,1H3,(H,16,17)/b6-5+. The maximum atomic E-state index is 11.8. The SMILES string of the molecule is COc1cccc(/C=C/C(=O)NCC(F)(F)F)c1. The van der Waals surface area contributed by atoms with E-state index in [1.54, 1.807) is 29.6 Å². The van der Waals surface area contributed by atoms with Crippen molar-refractivity contribution < 1.29 is 22.7 Å². The van der Waals surface area contributed by atoms with Gasteiger partial charge in [-0.15, -0.1) is 0 Å². The zero-order chi connectivity index (χ0) is 13.6. The number of methoxy groups -OCH3 is 1. The topological polar surface area (TPSA) is 38.3 Å². The van der Waals surface area contributed by atoms with Gasteiger partial charge < -0.3 is 10.1 Å². The molecule has 0 aromatic heterocycles. The fourth-order valence-electron chi connectivity index (χ4n) is 1.16. The summed E-state index contributed by atoms with van der Waals surface area (Å²) in [5, 5.41) is 1.74. The third-order valence-corrected chi connectivity index (χ3v) is 1.98. The Morgan fingerprint density at radius 1 is 1.44 bits per heavy atom. The Morgan fingerprint density at radius 3 is 2.78 bits per heavy atom. The zero-order valence-electron chi connectivity index (χ0n) is 9.62. The van der Waals surface area contributed by atoms with Crippen LogP contribution in [0.3, 0.4) is 0 Å². The van der Waals surface area contributed by atoms with Gasteiger partial charge >= 0.3 is 6.18 Å². The molecule has 1 aromatic carbocycles. The van der Waals surface area contributed by atoms with E-state index in [2.05, 4.69) is 0 Å². The first kappa shape index (κ1) is 14.1. The molecular formula is C12H12F3NO2. The van der Waals surface area contributed by atoms with Crippen LogP contribution in [-0.4, -0.2) is 25.7 Å². The second kappa shape index (κ2) is 6.09. The van der Waals surface area contributed by atoms with Crippen LogP contribution in [-0.2, 0) is 4.79 Å². The molecule has 0 aliphatic carbocycles. The zero-order valence-corrected chi connectivity index (χ0v) is 9.62. The Balaban J connectivity index is 2.55. The number of alkyl halides is 3. The highest BCUT2D eigenvalue weighted by Crippen LogP contribution is 2.14. The summed E-state index contributed by atoms with van der Waals surface area (Å²) in [6, 6.07) is 6.80. The van der Waals surface area contributed by atoms with Crippen molar-refractivity contribution in [3.63, 3.8) is 0 Å². The largest absolute Gasteiger partial charge is 0.497 e. The van der Waals surface area contributed by atoms with Gasteiger partial charge in [-0.25, -0.2) is 0 Å². The van der Waals surface area contributed by atoms with Crippen LogP contribution in [0.25, 0.3) is 6.08 Å². The quantitative estimate of drug-likeness (QED) is 0.843. The van der Waals surface area contributed by atoms with Gasteiger partial charge in [-0.3, -0.25) is 4.79 Å². The molecule has 6 heteroatoms. The van der Waals surface area contributed by atoms with Gasteiger partial charge in [0.15, 0.2) is 0 Å². The van der Waals surface area contributed by atoms with Crippen LogP contribution in [0.1, 0.15) is 5.56 Å². The van der Waals surface area contributed by atoms with E-state index in [1.165, 1.54) is 13.2 Å². The molecule has 0 aliphatic rings. The number of rotatable bonds is 4. The Kier molecular flexibility index (Phi) is 4.76. The first-order valence-electron chi connectivity index (χ1n) is 5.07. The lowest BCUT2D eigenvalue weighted by Crippen LogP contribution is -2.32. The Labute approximate surface area is 102 Å². The summed E-state index contributed by atoms with van der Waals surface area (Å²) in [4.78, 5) is 11.1. The molecule has 0 aliphatic heterocycles. The fraction of sp³-hybridized carbons (Fsp3) is 0.250. The minimum atomic E-state index is -4.40. The summed E-state index contributed by atoms with van der Waals surface area (Å²) in [6.07, 6.45) is -1.95. The predicted octanol–water partition coefficient (Wildman–Crippen LogP) is 2.39. The Morgan fingerprint density at radius 2 is 2.17 bits per heavy atom. The number of hydrogen-bond acceptors (Lipinski definition) is 2. The number of ether oxygens (including phenoxy) is 1. The molecule has 0 fully saturated rings. The number of benzene rings is 1. The Hall–Kier alpha value is -1.98. The van der Waals surface area contributed by atoms with Gasteiger partial charge in [0.25, 0.3) is 0 Å². The van der Waals surface area contributed by atoms with Crippen LogP contribution in [0.15, 0.2) is 30.3 Å². The Bertz CT molecular complexity index is 441. The third-order valence-electron chi connectivity index (χ3n) is 1.98. The number of nitrogens with one attached hydrogen (secondary N) is 1. The van der Waals surface area contributed by atoms with Crippen molar-refractivity contribution in [3.05, 3.63) is 35.9 Å². The molecule has 0 saturated carbocycles. The third kappa shape index (κ3) is 5.38. The maximum Gasteiger partial charge on any atom is 0.405 e. The van der Waals surface area contributed by atoms with Crippen molar-refractivity contribution >= 4 is 12.0 Å². The second-order valence-electron chi connectivity index (χ2n) is 3.44. The molecule has 3 nitrogen and oxygen atoms in total. The fourth-order valence-corrected chi connectivity index (χ4v) is 1.16. The van der Waals surface area contributed by atoms with Crippen LogP contribution in [0.2, 0.25) is 0 Å². The van der Waals surface area contributed by atoms with Crippen LogP contribution in [0, 0.1) is 0 Å². The van der Waals surface area contributed by atoms with E-state index in [0.29, 0.717) is 11.3 Å². The maximum absolute atomic E-state index is 11.8. The van der Waals surface area contributed by atoms with Gasteiger partial charge in [0.05, 0.1) is 7.11 Å². The van der Waals surface area contributed by atoms with E-state index < -0.39 is 18.6 Å². The van der Waals surface area contributed by atoms with Gasteiger partial charge in [-0.2, -0.15) is 13.2 Å². The van der Waals surface area contributed by atoms with Crippen LogP contribution < -0.4 is 10.1 Å². The summed E-state index contributed by atoms with van der Waals surface area (Å²) in [5.74, 6) is -0.192. The van der Waals surface area contributed by atoms with Crippen molar-refractivity contribution in [1.29, 1.82) is 0 Å². The van der Waals surface area contributed by atoms with Crippen molar-refractivity contribution in [2.45, 2.75) is 6.18 Å². The molecule has 0 spiro atoms. The van der Waals surface area contributed by atoms with E-state index in [9.17, 15) is 18.0 Å². The first-order chi connectivity index (χ1) is 8.40. The molecule has 98 valence electrons. The van der Waals surface area contributed by atoms with Gasteiger partial charge in [0.1, 0.15) is 12.3 Å². The molecule has 0 heterocycles. The minimum absolute atomic E-state index is 0.604. The lowest BCUT2D eigenvalue weighted by molar-refractivity contribution is -0.135. The predicted molar refractivity (Wildman–Crippen MR) is 61.1 cm³/mol. The van der Waals surface area contributed by atoms with Crippen molar-refractivity contribution in [1.82, 2.24) is 5.32 Å². The molecule has 0 radical (unpaired) electrons. The molecule has 1 amide bonds. The summed E-state index contributed by atoms with van der Waals surface area (Å²) < 4.78 is 40.4. The molecule has 1 N–H and O–H groups in total. The van der Waals surface area contributed by atoms with Gasteiger partial charge in [0.2, 0.25) is 5.91 Å². The average molecular weight is 259 g/mol. The number of halogens is 3. The summed E-state index contributed by atoms with van der Waals surface area (Å²) in [6.45, 7) is -1.34. The van der Waals surface area contributed by atoms with Crippen molar-refractivity contribution in [2.24, 2.45) is 0 Å². The highest BCUT2D eigenvalue weighted by atomic mass is 19.4. The van der Waals surface area contributed by atoms with E-state index in [0.717, 1.165) is 6.08 Å². The summed E-state index contributed by atoms with van der Waals surface area (Å²) in [5.41, 5.74) is 0.663. The lowest BCUT2D eigenvalue weighted by atomic mass is 10.2. The molecule has 0 saturated heterocycles. The van der Waals surface area contributed by atoms with E-state index in [-0.39, 0.29) is 0 Å². The normalized spacial score (nSPS) is 11.6. The molecule has 0 atom stereocenters. The molecule has 1 aromatic rings. The molecule has 0 bridgehead atoms. The number of amides is 1. The number of carbonyl (C=O) groups excluding carboxylic acids is 1. The monoisotopic (exact) mass is 259 g/mol. The van der Waals surface area contributed by atoms with Crippen molar-refractivity contribution in [3.8, 4) is 5.75 Å². The van der Waals surface area contributed by atoms with Crippen LogP contribution in [0.5, 0.6) is 5.75 Å². The molecule has 1 rings (SSSR count). The highest BCUT2D eigenvalue weighted by Gasteiger charge is 2.27. The van der Waals surface area contributed by atoms with Crippen LogP contribution >= 0.6 is 0 Å². The van der Waals surface area contributed by atoms with Gasteiger partial charge in [-0.05, 0) is 23.8 Å². The number of carbonyl (C=O) groups is 1. The summed E-state index contributed by atoms with van der Waals surface area (Å²) in [7, 11) is 1.50.